The predicted molar refractivity (Wildman–Crippen MR) is 107 cm³/mol. The monoisotopic (exact) mass is 400 g/mol. The van der Waals surface area contributed by atoms with E-state index in [0.29, 0.717) is 4.88 Å². The third-order valence-corrected chi connectivity index (χ3v) is 5.43. The summed E-state index contributed by atoms with van der Waals surface area (Å²) in [7, 11) is 0. The van der Waals surface area contributed by atoms with Gasteiger partial charge in [0.2, 0.25) is 0 Å². The summed E-state index contributed by atoms with van der Waals surface area (Å²) in [6.07, 6.45) is 0. The van der Waals surface area contributed by atoms with Gasteiger partial charge in [-0.05, 0) is 43.7 Å². The smallest absolute Gasteiger partial charge is 0.267 e. The Labute approximate surface area is 166 Å². The molecular weight excluding hydrogens is 379 g/mol. The van der Waals surface area contributed by atoms with Crippen LogP contribution < -0.4 is 10.9 Å². The first-order valence-corrected chi connectivity index (χ1v) is 9.54. The Morgan fingerprint density at radius 2 is 1.61 bits per heavy atom. The van der Waals surface area contributed by atoms with E-state index in [1.807, 2.05) is 34.6 Å². The van der Waals surface area contributed by atoms with Crippen LogP contribution in [0.25, 0.3) is 10.2 Å². The number of benzene rings is 1. The van der Waals surface area contributed by atoms with Crippen LogP contribution in [0.15, 0.2) is 24.3 Å². The van der Waals surface area contributed by atoms with Crippen molar-refractivity contribution in [2.75, 3.05) is 0 Å². The highest BCUT2D eigenvalue weighted by Crippen LogP contribution is 2.33. The van der Waals surface area contributed by atoms with Crippen LogP contribution in [0.1, 0.15) is 57.9 Å². The zero-order valence-electron chi connectivity index (χ0n) is 16.3. The van der Waals surface area contributed by atoms with Gasteiger partial charge in [-0.15, -0.1) is 11.3 Å². The molecule has 0 aliphatic carbocycles. The number of nitrogens with one attached hydrogen (secondary N) is 2. The van der Waals surface area contributed by atoms with E-state index in [1.54, 1.807) is 0 Å². The predicted octanol–water partition coefficient (Wildman–Crippen LogP) is 3.82. The molecule has 0 unspecified atom stereocenters. The average molecular weight is 400 g/mol. The Kier molecular flexibility index (Phi) is 5.16. The number of carbonyl (C=O) groups is 2. The van der Waals surface area contributed by atoms with Crippen LogP contribution in [-0.4, -0.2) is 21.8 Å². The second-order valence-electron chi connectivity index (χ2n) is 7.53. The highest BCUT2D eigenvalue weighted by atomic mass is 32.1. The number of nitrogens with zero attached hydrogens (tertiary/aromatic N) is 2. The van der Waals surface area contributed by atoms with Gasteiger partial charge in [0.15, 0.2) is 0 Å². The van der Waals surface area contributed by atoms with Crippen molar-refractivity contribution < 1.29 is 14.0 Å². The average Bonchev–Trinajstić information content (AvgIpc) is 2.96. The number of aryl methyl sites for hydroxylation is 2. The lowest BCUT2D eigenvalue weighted by atomic mass is 9.95. The summed E-state index contributed by atoms with van der Waals surface area (Å²) < 4.78 is 13.0. The molecule has 2 amide bonds. The topological polar surface area (TPSA) is 84.0 Å². The molecule has 6 nitrogen and oxygen atoms in total. The maximum absolute atomic E-state index is 13.0. The number of fused-ring (bicyclic) bond motifs is 1. The number of hydrogen-bond acceptors (Lipinski definition) is 5. The van der Waals surface area contributed by atoms with E-state index in [2.05, 4.69) is 20.8 Å². The number of halogens is 1. The van der Waals surface area contributed by atoms with Gasteiger partial charge in [0, 0.05) is 16.4 Å². The van der Waals surface area contributed by atoms with Crippen molar-refractivity contribution in [3.8, 4) is 0 Å². The first kappa shape index (κ1) is 19.9. The molecule has 3 rings (SSSR count). The minimum Gasteiger partial charge on any atom is -0.267 e. The SMILES string of the molecule is Cc1nc(C(C)(C)C)nc2sc(C(=O)NNC(=O)c3ccc(F)cc3)c(C)c12. The molecule has 1 aromatic carbocycles. The van der Waals surface area contributed by atoms with E-state index in [1.165, 1.54) is 35.6 Å². The Morgan fingerprint density at radius 1 is 1.00 bits per heavy atom. The molecule has 0 bridgehead atoms. The normalized spacial score (nSPS) is 11.5. The van der Waals surface area contributed by atoms with Crippen LogP contribution in [0, 0.1) is 19.7 Å². The molecule has 0 fully saturated rings. The first-order chi connectivity index (χ1) is 13.1. The van der Waals surface area contributed by atoms with E-state index in [-0.39, 0.29) is 11.0 Å². The minimum absolute atomic E-state index is 0.206. The third kappa shape index (κ3) is 3.87. The van der Waals surface area contributed by atoms with Gasteiger partial charge in [0.25, 0.3) is 11.8 Å². The van der Waals surface area contributed by atoms with Gasteiger partial charge in [-0.1, -0.05) is 20.8 Å². The standard InChI is InChI=1S/C20H21FN4O2S/c1-10-14-11(2)22-19(20(3,4)5)23-18(14)28-15(10)17(27)25-24-16(26)12-6-8-13(21)9-7-12/h6-9H,1-5H3,(H,24,26)(H,25,27). The maximum Gasteiger partial charge on any atom is 0.280 e. The van der Waals surface area contributed by atoms with E-state index < -0.39 is 17.6 Å². The van der Waals surface area contributed by atoms with Crippen molar-refractivity contribution in [2.24, 2.45) is 0 Å². The van der Waals surface area contributed by atoms with Crippen LogP contribution in [0.3, 0.4) is 0 Å². The fourth-order valence-corrected chi connectivity index (χ4v) is 3.86. The van der Waals surface area contributed by atoms with Crippen molar-refractivity contribution in [2.45, 2.75) is 40.0 Å². The largest absolute Gasteiger partial charge is 0.280 e. The summed E-state index contributed by atoms with van der Waals surface area (Å²) >= 11 is 1.26. The number of rotatable bonds is 2. The highest BCUT2D eigenvalue weighted by molar-refractivity contribution is 7.20. The van der Waals surface area contributed by atoms with Crippen molar-refractivity contribution >= 4 is 33.4 Å². The van der Waals surface area contributed by atoms with Gasteiger partial charge in [-0.25, -0.2) is 14.4 Å². The third-order valence-electron chi connectivity index (χ3n) is 4.24. The zero-order valence-corrected chi connectivity index (χ0v) is 17.1. The Balaban J connectivity index is 1.83. The van der Waals surface area contributed by atoms with Crippen LogP contribution in [0.5, 0.6) is 0 Å². The van der Waals surface area contributed by atoms with Crippen LogP contribution >= 0.6 is 11.3 Å². The van der Waals surface area contributed by atoms with E-state index in [0.717, 1.165) is 27.3 Å². The number of aromatic nitrogens is 2. The molecule has 2 N–H and O–H groups in total. The lowest BCUT2D eigenvalue weighted by Gasteiger charge is -2.16. The molecule has 0 aliphatic rings. The molecule has 0 aliphatic heterocycles. The van der Waals surface area contributed by atoms with Crippen molar-refractivity contribution in [1.82, 2.24) is 20.8 Å². The summed E-state index contributed by atoms with van der Waals surface area (Å²) in [5, 5.41) is 0.855. The number of thiophene rings is 1. The van der Waals surface area contributed by atoms with Gasteiger partial charge in [-0.2, -0.15) is 0 Å². The molecule has 2 aromatic heterocycles. The quantitative estimate of drug-likeness (QED) is 0.641. The molecular formula is C20H21FN4O2S. The molecule has 0 saturated carbocycles. The summed E-state index contributed by atoms with van der Waals surface area (Å²) in [5.74, 6) is -0.686. The summed E-state index contributed by atoms with van der Waals surface area (Å²) in [4.78, 5) is 35.1. The Hall–Kier alpha value is -2.87. The molecule has 0 atom stereocenters. The van der Waals surface area contributed by atoms with Gasteiger partial charge in [0.1, 0.15) is 16.5 Å². The van der Waals surface area contributed by atoms with Crippen LogP contribution in [0.4, 0.5) is 4.39 Å². The van der Waals surface area contributed by atoms with Crippen molar-refractivity contribution in [3.63, 3.8) is 0 Å². The number of carbonyl (C=O) groups excluding carboxylic acids is 2. The van der Waals surface area contributed by atoms with Crippen molar-refractivity contribution in [3.05, 3.63) is 57.6 Å². The molecule has 0 radical (unpaired) electrons. The lowest BCUT2D eigenvalue weighted by Crippen LogP contribution is -2.41. The van der Waals surface area contributed by atoms with E-state index in [4.69, 9.17) is 0 Å². The van der Waals surface area contributed by atoms with Gasteiger partial charge < -0.3 is 0 Å². The van der Waals surface area contributed by atoms with Crippen molar-refractivity contribution in [1.29, 1.82) is 0 Å². The summed E-state index contributed by atoms with van der Waals surface area (Å²) in [6, 6.07) is 5.05. The van der Waals surface area contributed by atoms with E-state index in [9.17, 15) is 14.0 Å². The summed E-state index contributed by atoms with van der Waals surface area (Å²) in [5.41, 5.74) is 6.38. The van der Waals surface area contributed by atoms with Gasteiger partial charge in [0.05, 0.1) is 10.6 Å². The second kappa shape index (κ2) is 7.27. The zero-order chi connectivity index (χ0) is 20.6. The Bertz CT molecular complexity index is 1070. The number of hydrazine groups is 1. The fraction of sp³-hybridized carbons (Fsp3) is 0.300. The second-order valence-corrected chi connectivity index (χ2v) is 8.53. The molecule has 0 saturated heterocycles. The Morgan fingerprint density at radius 3 is 2.21 bits per heavy atom. The van der Waals surface area contributed by atoms with Crippen LogP contribution in [-0.2, 0) is 5.41 Å². The first-order valence-electron chi connectivity index (χ1n) is 8.72. The van der Waals surface area contributed by atoms with Gasteiger partial charge >= 0.3 is 0 Å². The highest BCUT2D eigenvalue weighted by Gasteiger charge is 2.23. The fourth-order valence-electron chi connectivity index (χ4n) is 2.73. The van der Waals surface area contributed by atoms with Gasteiger partial charge in [-0.3, -0.25) is 20.4 Å². The maximum atomic E-state index is 13.0. The number of amides is 2. The molecule has 3 aromatic rings. The number of hydrogen-bond donors (Lipinski definition) is 2. The molecule has 8 heteroatoms. The molecule has 28 heavy (non-hydrogen) atoms. The minimum atomic E-state index is -0.530. The lowest BCUT2D eigenvalue weighted by molar-refractivity contribution is 0.0848. The molecule has 2 heterocycles. The molecule has 146 valence electrons. The summed E-state index contributed by atoms with van der Waals surface area (Å²) in [6.45, 7) is 9.84. The van der Waals surface area contributed by atoms with Crippen LogP contribution in [0.2, 0.25) is 0 Å². The van der Waals surface area contributed by atoms with E-state index >= 15 is 0 Å². The molecule has 0 spiro atoms.